The molecular weight excluding hydrogens is 249 g/mol. The van der Waals surface area contributed by atoms with Crippen LogP contribution < -0.4 is 0 Å². The molecule has 0 atom stereocenters. The van der Waals surface area contributed by atoms with Gasteiger partial charge in [-0.2, -0.15) is 13.2 Å². The number of carbonyl (C=O) groups is 2. The highest BCUT2D eigenvalue weighted by Gasteiger charge is 2.30. The molecule has 0 amide bonds. The van der Waals surface area contributed by atoms with Gasteiger partial charge in [0.1, 0.15) is 0 Å². The highest BCUT2D eigenvalue weighted by Crippen LogP contribution is 2.29. The highest BCUT2D eigenvalue weighted by atomic mass is 19.4. The summed E-state index contributed by atoms with van der Waals surface area (Å²) in [5.74, 6) is -1.30. The van der Waals surface area contributed by atoms with E-state index in [0.717, 1.165) is 37.5 Å². The molecule has 96 valence electrons. The molecule has 0 saturated carbocycles. The maximum atomic E-state index is 12.4. The second kappa shape index (κ2) is 5.48. The number of ether oxygens (including phenoxy) is 1. The molecule has 18 heavy (non-hydrogen) atoms. The third-order valence-corrected chi connectivity index (χ3v) is 1.93. The van der Waals surface area contributed by atoms with Gasteiger partial charge in [0, 0.05) is 18.6 Å². The molecule has 0 radical (unpaired) electrons. The first-order valence-electron chi connectivity index (χ1n) is 4.86. The Balaban J connectivity index is 2.87. The number of hydrogen-bond acceptors (Lipinski definition) is 3. The van der Waals surface area contributed by atoms with Crippen LogP contribution in [-0.4, -0.2) is 11.8 Å². The van der Waals surface area contributed by atoms with Gasteiger partial charge in [-0.1, -0.05) is 12.1 Å². The van der Waals surface area contributed by atoms with E-state index in [9.17, 15) is 22.8 Å². The molecule has 1 aromatic carbocycles. The van der Waals surface area contributed by atoms with Crippen molar-refractivity contribution in [1.82, 2.24) is 0 Å². The molecule has 0 N–H and O–H groups in total. The van der Waals surface area contributed by atoms with E-state index >= 15 is 0 Å². The second-order valence-corrected chi connectivity index (χ2v) is 3.35. The van der Waals surface area contributed by atoms with Crippen molar-refractivity contribution in [2.45, 2.75) is 13.1 Å². The van der Waals surface area contributed by atoms with Crippen LogP contribution in [0.25, 0.3) is 0 Å². The van der Waals surface area contributed by atoms with Crippen molar-refractivity contribution >= 4 is 11.8 Å². The number of allylic oxidation sites excluding steroid dienone is 1. The third kappa shape index (κ3) is 4.04. The van der Waals surface area contributed by atoms with E-state index in [2.05, 4.69) is 4.74 Å². The van der Waals surface area contributed by atoms with Gasteiger partial charge in [0.15, 0.2) is 5.78 Å². The van der Waals surface area contributed by atoms with Gasteiger partial charge in [0.2, 0.25) is 0 Å². The van der Waals surface area contributed by atoms with Gasteiger partial charge in [-0.25, -0.2) is 0 Å². The Hall–Kier alpha value is -2.11. The smallest absolute Gasteiger partial charge is 0.416 e. The first-order valence-corrected chi connectivity index (χ1v) is 4.86. The number of esters is 1. The molecule has 0 aromatic heterocycles. The number of rotatable bonds is 3. The number of carbonyl (C=O) groups excluding carboxylic acids is 2. The maximum Gasteiger partial charge on any atom is 0.416 e. The molecule has 0 aliphatic carbocycles. The number of ketones is 1. The van der Waals surface area contributed by atoms with Crippen LogP contribution in [0.2, 0.25) is 0 Å². The van der Waals surface area contributed by atoms with Crippen molar-refractivity contribution in [2.24, 2.45) is 0 Å². The van der Waals surface area contributed by atoms with Crippen molar-refractivity contribution in [1.29, 1.82) is 0 Å². The van der Waals surface area contributed by atoms with Crippen LogP contribution in [-0.2, 0) is 15.7 Å². The Kier molecular flexibility index (Phi) is 4.25. The monoisotopic (exact) mass is 258 g/mol. The normalized spacial score (nSPS) is 11.6. The largest absolute Gasteiger partial charge is 0.435 e. The molecule has 0 aliphatic heterocycles. The Morgan fingerprint density at radius 3 is 2.50 bits per heavy atom. The molecule has 0 bridgehead atoms. The van der Waals surface area contributed by atoms with Crippen LogP contribution in [0, 0.1) is 0 Å². The first kappa shape index (κ1) is 14.0. The lowest BCUT2D eigenvalue weighted by Gasteiger charge is -2.06. The zero-order chi connectivity index (χ0) is 13.8. The summed E-state index contributed by atoms with van der Waals surface area (Å²) in [7, 11) is 0. The van der Waals surface area contributed by atoms with Gasteiger partial charge in [0.05, 0.1) is 11.8 Å². The van der Waals surface area contributed by atoms with Gasteiger partial charge in [-0.3, -0.25) is 9.59 Å². The molecule has 0 unspecified atom stereocenters. The standard InChI is InChI=1S/C12H9F3O3/c1-8(16)18-6-5-11(17)9-3-2-4-10(7-9)12(13,14)15/h2-7H,1H3. The Bertz CT molecular complexity index is 490. The molecule has 0 aliphatic rings. The predicted octanol–water partition coefficient (Wildman–Crippen LogP) is 2.96. The Labute approximate surface area is 101 Å². The van der Waals surface area contributed by atoms with E-state index < -0.39 is 23.5 Å². The molecule has 3 nitrogen and oxygen atoms in total. The van der Waals surface area contributed by atoms with Crippen molar-refractivity contribution in [2.75, 3.05) is 0 Å². The summed E-state index contributed by atoms with van der Waals surface area (Å²) < 4.78 is 41.5. The number of benzene rings is 1. The number of alkyl halides is 3. The molecular formula is C12H9F3O3. The Morgan fingerprint density at radius 1 is 1.28 bits per heavy atom. The summed E-state index contributed by atoms with van der Waals surface area (Å²) in [5, 5.41) is 0. The minimum atomic E-state index is -4.50. The quantitative estimate of drug-likeness (QED) is 0.362. The first-order chi connectivity index (χ1) is 8.30. The molecule has 0 spiro atoms. The van der Waals surface area contributed by atoms with E-state index in [1.807, 2.05) is 0 Å². The van der Waals surface area contributed by atoms with Crippen LogP contribution in [0.1, 0.15) is 22.8 Å². The fourth-order valence-electron chi connectivity index (χ4n) is 1.14. The summed E-state index contributed by atoms with van der Waals surface area (Å²) in [6, 6.07) is 3.98. The zero-order valence-corrected chi connectivity index (χ0v) is 9.32. The number of halogens is 3. The minimum Gasteiger partial charge on any atom is -0.435 e. The summed E-state index contributed by atoms with van der Waals surface area (Å²) in [5.41, 5.74) is -1.04. The highest BCUT2D eigenvalue weighted by molar-refractivity contribution is 6.04. The lowest BCUT2D eigenvalue weighted by atomic mass is 10.1. The molecule has 0 heterocycles. The lowest BCUT2D eigenvalue weighted by Crippen LogP contribution is -2.06. The van der Waals surface area contributed by atoms with Crippen molar-refractivity contribution in [3.05, 3.63) is 47.7 Å². The molecule has 6 heteroatoms. The third-order valence-electron chi connectivity index (χ3n) is 1.93. The summed E-state index contributed by atoms with van der Waals surface area (Å²) in [6.07, 6.45) is -2.78. The van der Waals surface area contributed by atoms with E-state index in [1.165, 1.54) is 6.07 Å². The van der Waals surface area contributed by atoms with E-state index in [4.69, 9.17) is 0 Å². The van der Waals surface area contributed by atoms with Crippen molar-refractivity contribution in [3.63, 3.8) is 0 Å². The summed E-state index contributed by atoms with van der Waals surface area (Å²) in [4.78, 5) is 21.9. The van der Waals surface area contributed by atoms with Crippen LogP contribution in [0.5, 0.6) is 0 Å². The molecule has 0 fully saturated rings. The second-order valence-electron chi connectivity index (χ2n) is 3.35. The van der Waals surface area contributed by atoms with Crippen LogP contribution in [0.4, 0.5) is 13.2 Å². The Morgan fingerprint density at radius 2 is 1.94 bits per heavy atom. The fraction of sp³-hybridized carbons (Fsp3) is 0.167. The van der Waals surface area contributed by atoms with Crippen LogP contribution in [0.3, 0.4) is 0 Å². The van der Waals surface area contributed by atoms with Gasteiger partial charge in [-0.05, 0) is 12.1 Å². The SMILES string of the molecule is CC(=O)OC=CC(=O)c1cccc(C(F)(F)F)c1. The van der Waals surface area contributed by atoms with Crippen molar-refractivity contribution < 1.29 is 27.5 Å². The van der Waals surface area contributed by atoms with Crippen LogP contribution in [0.15, 0.2) is 36.6 Å². The van der Waals surface area contributed by atoms with Crippen molar-refractivity contribution in [3.8, 4) is 0 Å². The minimum absolute atomic E-state index is 0.131. The van der Waals surface area contributed by atoms with Crippen LogP contribution >= 0.6 is 0 Å². The van der Waals surface area contributed by atoms with E-state index in [1.54, 1.807) is 0 Å². The average molecular weight is 258 g/mol. The molecule has 0 saturated heterocycles. The van der Waals surface area contributed by atoms with Gasteiger partial charge < -0.3 is 4.74 Å². The van der Waals surface area contributed by atoms with Gasteiger partial charge in [-0.15, -0.1) is 0 Å². The van der Waals surface area contributed by atoms with E-state index in [-0.39, 0.29) is 5.56 Å². The zero-order valence-electron chi connectivity index (χ0n) is 9.32. The number of hydrogen-bond donors (Lipinski definition) is 0. The predicted molar refractivity (Wildman–Crippen MR) is 56.7 cm³/mol. The molecule has 1 aromatic rings. The van der Waals surface area contributed by atoms with E-state index in [0.29, 0.717) is 0 Å². The topological polar surface area (TPSA) is 43.4 Å². The molecule has 1 rings (SSSR count). The maximum absolute atomic E-state index is 12.4. The van der Waals surface area contributed by atoms with Gasteiger partial charge in [0.25, 0.3) is 0 Å². The fourth-order valence-corrected chi connectivity index (χ4v) is 1.14. The van der Waals surface area contributed by atoms with Gasteiger partial charge >= 0.3 is 12.1 Å². The summed E-state index contributed by atoms with van der Waals surface area (Å²) >= 11 is 0. The average Bonchev–Trinajstić information content (AvgIpc) is 2.27. The summed E-state index contributed by atoms with van der Waals surface area (Å²) in [6.45, 7) is 1.14. The lowest BCUT2D eigenvalue weighted by molar-refractivity contribution is -0.137.